The van der Waals surface area contributed by atoms with Gasteiger partial charge in [0.2, 0.25) is 0 Å². The van der Waals surface area contributed by atoms with Crippen LogP contribution < -0.4 is 10.6 Å². The molecule has 1 saturated carbocycles. The Morgan fingerprint density at radius 1 is 0.958 bits per heavy atom. The maximum absolute atomic E-state index is 8.24. The zero-order chi connectivity index (χ0) is 16.7. The molecule has 2 unspecified atom stereocenters. The molecule has 4 heteroatoms. The van der Waals surface area contributed by atoms with E-state index in [1.54, 1.807) is 0 Å². The molecular formula is C20H27ClNPRu+2. The van der Waals surface area contributed by atoms with Crippen molar-refractivity contribution in [2.45, 2.75) is 37.9 Å². The van der Waals surface area contributed by atoms with Crippen LogP contribution in [-0.2, 0) is 17.3 Å². The third kappa shape index (κ3) is 5.37. The van der Waals surface area contributed by atoms with Crippen LogP contribution in [0.25, 0.3) is 5.73 Å². The van der Waals surface area contributed by atoms with Crippen LogP contribution in [0.5, 0.6) is 0 Å². The third-order valence-corrected chi connectivity index (χ3v) is 8.12. The van der Waals surface area contributed by atoms with Gasteiger partial charge in [0.05, 0.1) is 24.2 Å². The Kier molecular flexibility index (Phi) is 10.3. The van der Waals surface area contributed by atoms with E-state index in [1.165, 1.54) is 29.9 Å². The van der Waals surface area contributed by atoms with Crippen molar-refractivity contribution in [1.29, 1.82) is 0 Å². The summed E-state index contributed by atoms with van der Waals surface area (Å²) >= 11 is 1.82. The van der Waals surface area contributed by atoms with Gasteiger partial charge in [-0.1, -0.05) is 43.3 Å². The fourth-order valence-corrected chi connectivity index (χ4v) is 7.44. The minimum atomic E-state index is -0.790. The number of nitrogens with one attached hydrogen (secondary N) is 1. The second-order valence-corrected chi connectivity index (χ2v) is 8.86. The molecule has 0 radical (unpaired) electrons. The summed E-state index contributed by atoms with van der Waals surface area (Å²) in [6.07, 6.45) is 3.83. The van der Waals surface area contributed by atoms with E-state index in [9.17, 15) is 0 Å². The van der Waals surface area contributed by atoms with Gasteiger partial charge >= 0.3 is 27.0 Å². The number of rotatable bonds is 4. The van der Waals surface area contributed by atoms with Gasteiger partial charge in [-0.25, -0.2) is 0 Å². The van der Waals surface area contributed by atoms with E-state index in [0.717, 1.165) is 0 Å². The molecule has 3 atom stereocenters. The van der Waals surface area contributed by atoms with Gasteiger partial charge in [0.1, 0.15) is 0 Å². The fourth-order valence-electron chi connectivity index (χ4n) is 3.78. The van der Waals surface area contributed by atoms with Gasteiger partial charge in [0.25, 0.3) is 0 Å². The van der Waals surface area contributed by atoms with Gasteiger partial charge in [-0.3, -0.25) is 0 Å². The van der Waals surface area contributed by atoms with Crippen molar-refractivity contribution in [3.8, 4) is 0 Å². The van der Waals surface area contributed by atoms with Crippen molar-refractivity contribution in [3.05, 3.63) is 73.8 Å². The van der Waals surface area contributed by atoms with Crippen LogP contribution in [0.3, 0.4) is 0 Å². The molecule has 0 heterocycles. The molecule has 130 valence electrons. The molecule has 1 aliphatic carbocycles. The zero-order valence-electron chi connectivity index (χ0n) is 14.4. The Balaban J connectivity index is 0.000000925. The molecule has 0 bridgehead atoms. The standard InChI is InChI=1S/C19H23NP.CH3.ClH.Ru/c1-15(20)18-13-8-14-19(18)21(16-9-4-2-5-10-16)17-11-6-3-7-12-17;;;/h2-7,9-12,15,18-20H,8,13-14H2,1H3;1H3;1H;/q2*-1;;+4/t15-,18?,19?;;;/m0.../s1. The van der Waals surface area contributed by atoms with E-state index in [2.05, 4.69) is 77.3 Å². The van der Waals surface area contributed by atoms with Gasteiger partial charge < -0.3 is 13.2 Å². The Morgan fingerprint density at radius 2 is 1.42 bits per heavy atom. The van der Waals surface area contributed by atoms with Crippen molar-refractivity contribution in [2.75, 3.05) is 0 Å². The summed E-state index contributed by atoms with van der Waals surface area (Å²) in [5, 5.41) is 3.01. The van der Waals surface area contributed by atoms with Gasteiger partial charge in [-0.15, -0.1) is 6.04 Å². The van der Waals surface area contributed by atoms with Gasteiger partial charge in [0, 0.05) is 0 Å². The molecule has 24 heavy (non-hydrogen) atoms. The number of hydrogen-bond acceptors (Lipinski definition) is 0. The summed E-state index contributed by atoms with van der Waals surface area (Å²) in [5.74, 6) is 0.569. The predicted octanol–water partition coefficient (Wildman–Crippen LogP) is 5.60. The number of hydrogen-bond donors (Lipinski definition) is 0. The summed E-state index contributed by atoms with van der Waals surface area (Å²) in [6.45, 7) is 2.08. The van der Waals surface area contributed by atoms with Crippen LogP contribution in [0.4, 0.5) is 0 Å². The van der Waals surface area contributed by atoms with Crippen LogP contribution in [-0.4, -0.2) is 11.7 Å². The third-order valence-electron chi connectivity index (χ3n) is 4.75. The molecule has 2 aromatic carbocycles. The molecule has 0 spiro atoms. The first-order chi connectivity index (χ1) is 11.3. The summed E-state index contributed by atoms with van der Waals surface area (Å²) in [4.78, 5) is 0. The average molecular weight is 449 g/mol. The van der Waals surface area contributed by atoms with Crippen LogP contribution in [0.2, 0.25) is 0 Å². The normalized spacial score (nSPS) is 20.7. The SMILES string of the molecule is C[C@H]([NH-])C1CCCC1[PH+](c1ccccc1)c1ccccc1.[CH3-].[Cl][Ru+3]. The minimum absolute atomic E-state index is 0. The quantitative estimate of drug-likeness (QED) is 0.330. The maximum atomic E-state index is 8.24. The molecule has 0 saturated heterocycles. The van der Waals surface area contributed by atoms with Crippen LogP contribution in [0.15, 0.2) is 60.7 Å². The Hall–Kier alpha value is -0.257. The van der Waals surface area contributed by atoms with Crippen molar-refractivity contribution < 1.29 is 17.3 Å². The molecule has 1 N–H and O–H groups in total. The molecular weight excluding hydrogens is 422 g/mol. The molecule has 0 aliphatic heterocycles. The molecule has 1 fully saturated rings. The predicted molar refractivity (Wildman–Crippen MR) is 108 cm³/mol. The van der Waals surface area contributed by atoms with Gasteiger partial charge in [-0.2, -0.15) is 0 Å². The number of benzene rings is 2. The molecule has 2 aromatic rings. The second kappa shape index (κ2) is 11.4. The van der Waals surface area contributed by atoms with E-state index in [1.807, 2.05) is 17.3 Å². The van der Waals surface area contributed by atoms with E-state index < -0.39 is 7.92 Å². The topological polar surface area (TPSA) is 23.8 Å². The summed E-state index contributed by atoms with van der Waals surface area (Å²) in [5.41, 5.74) is 8.94. The van der Waals surface area contributed by atoms with E-state index in [4.69, 9.17) is 5.73 Å². The fraction of sp³-hybridized carbons (Fsp3) is 0.350. The Bertz CT molecular complexity index is 525. The van der Waals surface area contributed by atoms with E-state index in [-0.39, 0.29) is 13.5 Å². The van der Waals surface area contributed by atoms with Crippen molar-refractivity contribution in [1.82, 2.24) is 0 Å². The average Bonchev–Trinajstić information content (AvgIpc) is 3.08. The first kappa shape index (κ1) is 21.8. The molecule has 3 rings (SSSR count). The van der Waals surface area contributed by atoms with Crippen LogP contribution in [0.1, 0.15) is 26.2 Å². The van der Waals surface area contributed by atoms with Gasteiger partial charge in [0.15, 0.2) is 0 Å². The molecule has 1 aliphatic rings. The number of halogens is 1. The van der Waals surface area contributed by atoms with Crippen LogP contribution in [0, 0.1) is 13.3 Å². The Labute approximate surface area is 162 Å². The zero-order valence-corrected chi connectivity index (χ0v) is 17.9. The molecule has 0 aromatic heterocycles. The first-order valence-corrected chi connectivity index (χ1v) is 11.9. The second-order valence-electron chi connectivity index (χ2n) is 6.14. The van der Waals surface area contributed by atoms with Crippen molar-refractivity contribution in [3.63, 3.8) is 0 Å². The van der Waals surface area contributed by atoms with Gasteiger partial charge in [-0.05, 0) is 49.4 Å². The molecule has 0 amide bonds. The summed E-state index contributed by atoms with van der Waals surface area (Å²) in [7, 11) is 3.78. The summed E-state index contributed by atoms with van der Waals surface area (Å²) in [6, 6.07) is 22.1. The van der Waals surface area contributed by atoms with Crippen molar-refractivity contribution >= 4 is 28.2 Å². The first-order valence-electron chi connectivity index (χ1n) is 8.09. The van der Waals surface area contributed by atoms with E-state index in [0.29, 0.717) is 11.6 Å². The molecule has 1 nitrogen and oxygen atoms in total. The Morgan fingerprint density at radius 3 is 1.83 bits per heavy atom. The van der Waals surface area contributed by atoms with Crippen molar-refractivity contribution in [2.24, 2.45) is 5.92 Å². The summed E-state index contributed by atoms with van der Waals surface area (Å²) < 4.78 is 0. The van der Waals surface area contributed by atoms with E-state index >= 15 is 0 Å². The van der Waals surface area contributed by atoms with Crippen LogP contribution >= 0.6 is 17.6 Å². The monoisotopic (exact) mass is 449 g/mol.